The lowest BCUT2D eigenvalue weighted by Crippen LogP contribution is -2.16. The Balaban J connectivity index is 2.21. The van der Waals surface area contributed by atoms with Crippen LogP contribution in [0.2, 0.25) is 5.02 Å². The first-order chi connectivity index (χ1) is 12.5. The molecule has 1 aromatic heterocycles. The van der Waals surface area contributed by atoms with Crippen LogP contribution in [0.25, 0.3) is 11.1 Å². The molecule has 1 amide bonds. The third-order valence-electron chi connectivity index (χ3n) is 3.91. The molecule has 0 radical (unpaired) electrons. The maximum atomic E-state index is 13.0. The number of nitrogens with one attached hydrogen (secondary N) is 2. The van der Waals surface area contributed by atoms with Crippen molar-refractivity contribution >= 4 is 35.4 Å². The molecule has 4 nitrogen and oxygen atoms in total. The number of halogens is 1. The molecular formula is C20H14ClN3OS. The second-order valence-electron chi connectivity index (χ2n) is 5.64. The van der Waals surface area contributed by atoms with E-state index in [1.54, 1.807) is 43.3 Å². The standard InChI is InChI=1S/C20H14ClN3OS/c1-12-17(19(25)24-15-5-3-2-4-6-15)18(16(11-22)20(26)23-12)13-7-9-14(21)10-8-13/h2-10H,1H3,(H,23,26)(H,24,25). The third-order valence-corrected chi connectivity index (χ3v) is 4.46. The molecule has 0 aliphatic rings. The Morgan fingerprint density at radius 1 is 1.15 bits per heavy atom. The van der Waals surface area contributed by atoms with Gasteiger partial charge in [0, 0.05) is 22.0 Å². The molecular weight excluding hydrogens is 366 g/mol. The van der Waals surface area contributed by atoms with Gasteiger partial charge >= 0.3 is 0 Å². The third kappa shape index (κ3) is 3.52. The molecule has 0 fully saturated rings. The number of anilines is 1. The largest absolute Gasteiger partial charge is 0.348 e. The van der Waals surface area contributed by atoms with Crippen molar-refractivity contribution in [2.45, 2.75) is 6.92 Å². The Morgan fingerprint density at radius 3 is 2.42 bits per heavy atom. The van der Waals surface area contributed by atoms with E-state index < -0.39 is 0 Å². The van der Waals surface area contributed by atoms with Gasteiger partial charge in [-0.1, -0.05) is 54.2 Å². The maximum absolute atomic E-state index is 13.0. The number of nitrogens with zero attached hydrogens (tertiary/aromatic N) is 1. The number of H-pyrrole nitrogens is 1. The van der Waals surface area contributed by atoms with Gasteiger partial charge in [-0.15, -0.1) is 0 Å². The van der Waals surface area contributed by atoms with Gasteiger partial charge in [0.2, 0.25) is 0 Å². The highest BCUT2D eigenvalue weighted by Gasteiger charge is 2.21. The van der Waals surface area contributed by atoms with Gasteiger partial charge in [-0.25, -0.2) is 0 Å². The molecule has 3 aromatic rings. The van der Waals surface area contributed by atoms with Crippen LogP contribution in [0, 0.1) is 22.9 Å². The average Bonchev–Trinajstić information content (AvgIpc) is 2.62. The normalized spacial score (nSPS) is 10.2. The highest BCUT2D eigenvalue weighted by Crippen LogP contribution is 2.31. The van der Waals surface area contributed by atoms with Crippen molar-refractivity contribution in [2.24, 2.45) is 0 Å². The van der Waals surface area contributed by atoms with Crippen LogP contribution in [0.1, 0.15) is 21.6 Å². The Bertz CT molecular complexity index is 1070. The zero-order valence-corrected chi connectivity index (χ0v) is 15.4. The van der Waals surface area contributed by atoms with E-state index in [1.807, 2.05) is 18.2 Å². The van der Waals surface area contributed by atoms with Crippen LogP contribution in [0.3, 0.4) is 0 Å². The minimum Gasteiger partial charge on any atom is -0.348 e. The summed E-state index contributed by atoms with van der Waals surface area (Å²) in [6, 6.07) is 18.2. The fourth-order valence-electron chi connectivity index (χ4n) is 2.73. The predicted octanol–water partition coefficient (Wildman–Crippen LogP) is 5.50. The van der Waals surface area contributed by atoms with Crippen LogP contribution in [0.4, 0.5) is 5.69 Å². The number of aromatic amines is 1. The van der Waals surface area contributed by atoms with E-state index in [0.717, 1.165) is 0 Å². The first-order valence-corrected chi connectivity index (χ1v) is 8.59. The SMILES string of the molecule is Cc1[nH]c(=S)c(C#N)c(-c2ccc(Cl)cc2)c1C(=O)Nc1ccccc1. The van der Waals surface area contributed by atoms with Gasteiger partial charge < -0.3 is 10.3 Å². The van der Waals surface area contributed by atoms with E-state index in [2.05, 4.69) is 16.4 Å². The van der Waals surface area contributed by atoms with Gasteiger partial charge in [0.15, 0.2) is 0 Å². The zero-order valence-electron chi connectivity index (χ0n) is 13.8. The van der Waals surface area contributed by atoms with Crippen molar-refractivity contribution in [2.75, 3.05) is 5.32 Å². The van der Waals surface area contributed by atoms with E-state index in [0.29, 0.717) is 37.7 Å². The van der Waals surface area contributed by atoms with E-state index in [1.165, 1.54) is 0 Å². The minimum absolute atomic E-state index is 0.256. The topological polar surface area (TPSA) is 68.7 Å². The monoisotopic (exact) mass is 379 g/mol. The smallest absolute Gasteiger partial charge is 0.258 e. The second-order valence-corrected chi connectivity index (χ2v) is 6.49. The number of aryl methyl sites for hydroxylation is 1. The molecule has 1 heterocycles. The Morgan fingerprint density at radius 2 is 1.81 bits per heavy atom. The highest BCUT2D eigenvalue weighted by molar-refractivity contribution is 7.71. The van der Waals surface area contributed by atoms with E-state index >= 15 is 0 Å². The van der Waals surface area contributed by atoms with E-state index in [9.17, 15) is 10.1 Å². The van der Waals surface area contributed by atoms with Crippen LogP contribution >= 0.6 is 23.8 Å². The summed E-state index contributed by atoms with van der Waals surface area (Å²) in [7, 11) is 0. The fraction of sp³-hybridized carbons (Fsp3) is 0.0500. The number of nitriles is 1. The molecule has 0 spiro atoms. The Hall–Kier alpha value is -2.94. The summed E-state index contributed by atoms with van der Waals surface area (Å²) in [5.74, 6) is -0.318. The van der Waals surface area contributed by atoms with Crippen LogP contribution in [-0.4, -0.2) is 10.9 Å². The number of benzene rings is 2. The maximum Gasteiger partial charge on any atom is 0.258 e. The van der Waals surface area contributed by atoms with Gasteiger partial charge in [0.05, 0.1) is 11.1 Å². The molecule has 0 aliphatic carbocycles. The molecule has 0 atom stereocenters. The van der Waals surface area contributed by atoms with Crippen LogP contribution in [0.15, 0.2) is 54.6 Å². The number of rotatable bonds is 3. The number of aromatic nitrogens is 1. The zero-order chi connectivity index (χ0) is 18.7. The Kier molecular flexibility index (Phi) is 5.17. The Labute approximate surface area is 161 Å². The summed E-state index contributed by atoms with van der Waals surface area (Å²) in [5, 5.41) is 13.0. The van der Waals surface area contributed by atoms with Crippen molar-refractivity contribution in [1.29, 1.82) is 5.26 Å². The number of hydrogen-bond donors (Lipinski definition) is 2. The quantitative estimate of drug-likeness (QED) is 0.590. The first-order valence-electron chi connectivity index (χ1n) is 7.80. The number of carbonyl (C=O) groups is 1. The molecule has 0 unspecified atom stereocenters. The number of hydrogen-bond acceptors (Lipinski definition) is 3. The van der Waals surface area contributed by atoms with Crippen molar-refractivity contribution in [1.82, 2.24) is 4.98 Å². The van der Waals surface area contributed by atoms with Crippen LogP contribution in [0.5, 0.6) is 0 Å². The fourth-order valence-corrected chi connectivity index (χ4v) is 3.16. The van der Waals surface area contributed by atoms with Crippen molar-refractivity contribution < 1.29 is 4.79 Å². The number of carbonyl (C=O) groups excluding carboxylic acids is 1. The van der Waals surface area contributed by atoms with Crippen LogP contribution < -0.4 is 5.32 Å². The minimum atomic E-state index is -0.318. The number of pyridine rings is 1. The molecule has 0 saturated heterocycles. The summed E-state index contributed by atoms with van der Waals surface area (Å²) < 4.78 is 0.297. The molecule has 0 bridgehead atoms. The highest BCUT2D eigenvalue weighted by atomic mass is 35.5. The molecule has 0 aliphatic heterocycles. The molecule has 3 rings (SSSR count). The lowest BCUT2D eigenvalue weighted by atomic mass is 9.94. The number of para-hydroxylation sites is 1. The van der Waals surface area contributed by atoms with Gasteiger partial charge in [-0.3, -0.25) is 4.79 Å². The molecule has 6 heteroatoms. The summed E-state index contributed by atoms with van der Waals surface area (Å²) >= 11 is 11.3. The first kappa shape index (κ1) is 17.9. The van der Waals surface area contributed by atoms with Crippen molar-refractivity contribution in [3.63, 3.8) is 0 Å². The summed E-state index contributed by atoms with van der Waals surface area (Å²) in [5.41, 5.74) is 3.09. The van der Waals surface area contributed by atoms with Gasteiger partial charge in [-0.2, -0.15) is 5.26 Å². The molecule has 128 valence electrons. The summed E-state index contributed by atoms with van der Waals surface area (Å²) in [4.78, 5) is 15.9. The molecule has 2 aromatic carbocycles. The predicted molar refractivity (Wildman–Crippen MR) is 106 cm³/mol. The average molecular weight is 380 g/mol. The van der Waals surface area contributed by atoms with Crippen molar-refractivity contribution in [3.8, 4) is 17.2 Å². The number of amides is 1. The van der Waals surface area contributed by atoms with Gasteiger partial charge in [-0.05, 0) is 36.8 Å². The van der Waals surface area contributed by atoms with Crippen molar-refractivity contribution in [3.05, 3.63) is 81.1 Å². The molecule has 26 heavy (non-hydrogen) atoms. The molecule has 2 N–H and O–H groups in total. The summed E-state index contributed by atoms with van der Waals surface area (Å²) in [6.07, 6.45) is 0. The summed E-state index contributed by atoms with van der Waals surface area (Å²) in [6.45, 7) is 1.76. The van der Waals surface area contributed by atoms with Crippen LogP contribution in [-0.2, 0) is 0 Å². The van der Waals surface area contributed by atoms with E-state index in [-0.39, 0.29) is 11.5 Å². The molecule has 0 saturated carbocycles. The van der Waals surface area contributed by atoms with E-state index in [4.69, 9.17) is 23.8 Å². The van der Waals surface area contributed by atoms with Gasteiger partial charge in [0.1, 0.15) is 10.7 Å². The lowest BCUT2D eigenvalue weighted by molar-refractivity contribution is 0.102. The second kappa shape index (κ2) is 7.52. The van der Waals surface area contributed by atoms with Gasteiger partial charge in [0.25, 0.3) is 5.91 Å². The lowest BCUT2D eigenvalue weighted by Gasteiger charge is -2.15.